The number of anilines is 2. The third-order valence-electron chi connectivity index (χ3n) is 3.49. The number of aromatic nitrogens is 3. The molecule has 2 aromatic heterocycles. The Hall–Kier alpha value is -2.68. The molecule has 2 aromatic rings. The first kappa shape index (κ1) is 13.3. The number of hydrogen-bond acceptors (Lipinski definition) is 6. The van der Waals surface area contributed by atoms with Crippen LogP contribution in [0.3, 0.4) is 0 Å². The van der Waals surface area contributed by atoms with E-state index in [0.29, 0.717) is 11.6 Å². The van der Waals surface area contributed by atoms with Gasteiger partial charge in [-0.25, -0.2) is 15.0 Å². The molecule has 1 aliphatic rings. The van der Waals surface area contributed by atoms with E-state index in [2.05, 4.69) is 30.8 Å². The van der Waals surface area contributed by atoms with Crippen LogP contribution in [0.4, 0.5) is 11.8 Å². The van der Waals surface area contributed by atoms with E-state index in [0.717, 1.165) is 37.7 Å². The first-order valence-electron chi connectivity index (χ1n) is 6.93. The van der Waals surface area contributed by atoms with Crippen LogP contribution in [0.15, 0.2) is 30.5 Å². The van der Waals surface area contributed by atoms with E-state index in [-0.39, 0.29) is 0 Å². The highest BCUT2D eigenvalue weighted by Crippen LogP contribution is 2.16. The minimum atomic E-state index is 0.421. The zero-order chi connectivity index (χ0) is 14.7. The number of nitriles is 1. The van der Waals surface area contributed by atoms with Gasteiger partial charge in [0, 0.05) is 38.1 Å². The fourth-order valence-corrected chi connectivity index (χ4v) is 2.43. The molecule has 106 valence electrons. The highest BCUT2D eigenvalue weighted by atomic mass is 15.3. The molecule has 0 unspecified atom stereocenters. The molecule has 1 fully saturated rings. The smallest absolute Gasteiger partial charge is 0.226 e. The van der Waals surface area contributed by atoms with Gasteiger partial charge in [-0.15, -0.1) is 0 Å². The normalized spacial score (nSPS) is 14.9. The van der Waals surface area contributed by atoms with Gasteiger partial charge in [0.2, 0.25) is 5.95 Å². The van der Waals surface area contributed by atoms with Crippen molar-refractivity contribution in [2.75, 3.05) is 36.0 Å². The minimum Gasteiger partial charge on any atom is -0.353 e. The lowest BCUT2D eigenvalue weighted by Crippen LogP contribution is -2.47. The second kappa shape index (κ2) is 5.75. The molecule has 0 amide bonds. The van der Waals surface area contributed by atoms with Crippen molar-refractivity contribution in [1.29, 1.82) is 5.26 Å². The van der Waals surface area contributed by atoms with E-state index < -0.39 is 0 Å². The van der Waals surface area contributed by atoms with E-state index in [1.54, 1.807) is 6.07 Å². The topological polar surface area (TPSA) is 68.9 Å². The highest BCUT2D eigenvalue weighted by Gasteiger charge is 2.20. The van der Waals surface area contributed by atoms with Gasteiger partial charge in [-0.3, -0.25) is 0 Å². The van der Waals surface area contributed by atoms with Gasteiger partial charge in [-0.05, 0) is 25.1 Å². The van der Waals surface area contributed by atoms with Crippen LogP contribution in [0.25, 0.3) is 0 Å². The third kappa shape index (κ3) is 2.92. The number of aryl methyl sites for hydroxylation is 1. The highest BCUT2D eigenvalue weighted by molar-refractivity contribution is 5.43. The molecule has 6 heteroatoms. The average Bonchev–Trinajstić information content (AvgIpc) is 2.55. The summed E-state index contributed by atoms with van der Waals surface area (Å²) >= 11 is 0. The second-order valence-electron chi connectivity index (χ2n) is 4.97. The molecular weight excluding hydrogens is 264 g/mol. The molecular formula is C15H16N6. The van der Waals surface area contributed by atoms with E-state index in [9.17, 15) is 0 Å². The number of nitrogens with zero attached hydrogens (tertiary/aromatic N) is 6. The molecule has 3 heterocycles. The van der Waals surface area contributed by atoms with Crippen LogP contribution in [0.5, 0.6) is 0 Å². The molecule has 0 saturated carbocycles. The SMILES string of the molecule is Cc1cc(C#N)nc(N2CCN(c3ccccn3)CC2)n1. The summed E-state index contributed by atoms with van der Waals surface area (Å²) in [6, 6.07) is 9.72. The van der Waals surface area contributed by atoms with Crippen molar-refractivity contribution in [1.82, 2.24) is 15.0 Å². The molecule has 6 nitrogen and oxygen atoms in total. The second-order valence-corrected chi connectivity index (χ2v) is 4.97. The number of piperazine rings is 1. The number of rotatable bonds is 2. The van der Waals surface area contributed by atoms with Gasteiger partial charge in [0.25, 0.3) is 0 Å². The maximum atomic E-state index is 9.00. The van der Waals surface area contributed by atoms with Crippen molar-refractivity contribution in [2.45, 2.75) is 6.92 Å². The van der Waals surface area contributed by atoms with Gasteiger partial charge in [0.1, 0.15) is 17.6 Å². The maximum absolute atomic E-state index is 9.00. The largest absolute Gasteiger partial charge is 0.353 e. The number of hydrogen-bond donors (Lipinski definition) is 0. The van der Waals surface area contributed by atoms with Crippen LogP contribution in [-0.4, -0.2) is 41.1 Å². The summed E-state index contributed by atoms with van der Waals surface area (Å²) in [7, 11) is 0. The van der Waals surface area contributed by atoms with E-state index in [4.69, 9.17) is 5.26 Å². The van der Waals surface area contributed by atoms with Crippen LogP contribution in [0, 0.1) is 18.3 Å². The monoisotopic (exact) mass is 280 g/mol. The lowest BCUT2D eigenvalue weighted by molar-refractivity contribution is 0.633. The van der Waals surface area contributed by atoms with Gasteiger partial charge < -0.3 is 9.80 Å². The lowest BCUT2D eigenvalue weighted by atomic mass is 10.3. The molecule has 0 spiro atoms. The molecule has 0 N–H and O–H groups in total. The average molecular weight is 280 g/mol. The van der Waals surface area contributed by atoms with Crippen molar-refractivity contribution < 1.29 is 0 Å². The summed E-state index contributed by atoms with van der Waals surface area (Å²) < 4.78 is 0. The molecule has 1 aliphatic heterocycles. The van der Waals surface area contributed by atoms with Crippen molar-refractivity contribution in [3.8, 4) is 6.07 Å². The number of pyridine rings is 1. The Balaban J connectivity index is 1.71. The first-order chi connectivity index (χ1) is 10.3. The first-order valence-corrected chi connectivity index (χ1v) is 6.93. The summed E-state index contributed by atoms with van der Waals surface area (Å²) in [5, 5.41) is 9.00. The van der Waals surface area contributed by atoms with Crippen LogP contribution in [-0.2, 0) is 0 Å². The Bertz CT molecular complexity index is 656. The Morgan fingerprint density at radius 2 is 1.86 bits per heavy atom. The van der Waals surface area contributed by atoms with Crippen LogP contribution in [0.2, 0.25) is 0 Å². The molecule has 0 aromatic carbocycles. The van der Waals surface area contributed by atoms with Crippen molar-refractivity contribution in [3.63, 3.8) is 0 Å². The quantitative estimate of drug-likeness (QED) is 0.827. The van der Waals surface area contributed by atoms with Gasteiger partial charge in [-0.1, -0.05) is 6.07 Å². The zero-order valence-corrected chi connectivity index (χ0v) is 11.9. The van der Waals surface area contributed by atoms with Crippen LogP contribution >= 0.6 is 0 Å². The van der Waals surface area contributed by atoms with Crippen molar-refractivity contribution in [2.24, 2.45) is 0 Å². The zero-order valence-electron chi connectivity index (χ0n) is 11.9. The summed E-state index contributed by atoms with van der Waals surface area (Å²) in [5.41, 5.74) is 1.24. The molecule has 0 atom stereocenters. The molecule has 0 bridgehead atoms. The Kier molecular flexibility index (Phi) is 3.65. The predicted molar refractivity (Wildman–Crippen MR) is 80.1 cm³/mol. The van der Waals surface area contributed by atoms with Crippen LogP contribution < -0.4 is 9.80 Å². The Labute approximate surface area is 123 Å². The van der Waals surface area contributed by atoms with E-state index in [1.807, 2.05) is 31.3 Å². The molecule has 0 radical (unpaired) electrons. The molecule has 3 rings (SSSR count). The van der Waals surface area contributed by atoms with Gasteiger partial charge in [0.05, 0.1) is 0 Å². The van der Waals surface area contributed by atoms with Crippen LogP contribution in [0.1, 0.15) is 11.4 Å². The fraction of sp³-hybridized carbons (Fsp3) is 0.333. The van der Waals surface area contributed by atoms with Crippen molar-refractivity contribution in [3.05, 3.63) is 41.9 Å². The fourth-order valence-electron chi connectivity index (χ4n) is 2.43. The van der Waals surface area contributed by atoms with Gasteiger partial charge >= 0.3 is 0 Å². The maximum Gasteiger partial charge on any atom is 0.226 e. The molecule has 1 saturated heterocycles. The van der Waals surface area contributed by atoms with E-state index in [1.165, 1.54) is 0 Å². The van der Waals surface area contributed by atoms with E-state index >= 15 is 0 Å². The van der Waals surface area contributed by atoms with Crippen molar-refractivity contribution >= 4 is 11.8 Å². The molecule has 21 heavy (non-hydrogen) atoms. The molecule has 0 aliphatic carbocycles. The minimum absolute atomic E-state index is 0.421. The summed E-state index contributed by atoms with van der Waals surface area (Å²) in [4.78, 5) is 17.5. The predicted octanol–water partition coefficient (Wildman–Crippen LogP) is 1.38. The third-order valence-corrected chi connectivity index (χ3v) is 3.49. The summed E-state index contributed by atoms with van der Waals surface area (Å²) in [6.45, 7) is 5.28. The Morgan fingerprint density at radius 3 is 2.52 bits per heavy atom. The van der Waals surface area contributed by atoms with Gasteiger partial charge in [-0.2, -0.15) is 5.26 Å². The standard InChI is InChI=1S/C15H16N6/c1-12-10-13(11-16)19-15(18-12)21-8-6-20(7-9-21)14-4-2-3-5-17-14/h2-5,10H,6-9H2,1H3. The lowest BCUT2D eigenvalue weighted by Gasteiger charge is -2.35. The summed E-state index contributed by atoms with van der Waals surface area (Å²) in [5.74, 6) is 1.65. The van der Waals surface area contributed by atoms with Gasteiger partial charge in [0.15, 0.2) is 0 Å². The Morgan fingerprint density at radius 1 is 1.10 bits per heavy atom. The summed E-state index contributed by atoms with van der Waals surface area (Å²) in [6.07, 6.45) is 1.81.